The Hall–Kier alpha value is -1.43. The molecule has 0 unspecified atom stereocenters. The molecule has 122 valence electrons. The minimum atomic E-state index is -4.52. The van der Waals surface area contributed by atoms with Crippen molar-refractivity contribution in [3.05, 3.63) is 33.8 Å². The number of hydrogen-bond donors (Lipinski definition) is 0. The van der Waals surface area contributed by atoms with E-state index in [1.54, 1.807) is 27.7 Å². The van der Waals surface area contributed by atoms with Crippen molar-refractivity contribution in [2.24, 2.45) is 0 Å². The van der Waals surface area contributed by atoms with Crippen LogP contribution in [-0.4, -0.2) is 16.6 Å². The SMILES string of the molecule is C[C@H]1c2ccc(C(F)(F)F)c(Cl)c2CN1C(=O)OC(C)(C)C. The molecule has 0 aliphatic carbocycles. The minimum absolute atomic E-state index is 0.00810. The predicted octanol–water partition coefficient (Wildman–Crippen LogP) is 5.17. The second-order valence-corrected chi connectivity index (χ2v) is 6.65. The first-order valence-electron chi connectivity index (χ1n) is 6.80. The highest BCUT2D eigenvalue weighted by atomic mass is 35.5. The summed E-state index contributed by atoms with van der Waals surface area (Å²) in [5.41, 5.74) is -0.614. The molecule has 3 nitrogen and oxygen atoms in total. The van der Waals surface area contributed by atoms with Crippen LogP contribution >= 0.6 is 11.6 Å². The zero-order valence-electron chi connectivity index (χ0n) is 12.7. The highest BCUT2D eigenvalue weighted by Crippen LogP contribution is 2.43. The Morgan fingerprint density at radius 3 is 2.41 bits per heavy atom. The summed E-state index contributed by atoms with van der Waals surface area (Å²) in [4.78, 5) is 13.5. The maximum Gasteiger partial charge on any atom is 0.417 e. The van der Waals surface area contributed by atoms with E-state index in [9.17, 15) is 18.0 Å². The van der Waals surface area contributed by atoms with Crippen LogP contribution in [0.15, 0.2) is 12.1 Å². The van der Waals surface area contributed by atoms with Gasteiger partial charge in [-0.3, -0.25) is 4.90 Å². The molecule has 1 aromatic carbocycles. The van der Waals surface area contributed by atoms with Crippen molar-refractivity contribution in [1.29, 1.82) is 0 Å². The second kappa shape index (κ2) is 5.33. The van der Waals surface area contributed by atoms with Crippen LogP contribution in [0.2, 0.25) is 5.02 Å². The van der Waals surface area contributed by atoms with Crippen molar-refractivity contribution < 1.29 is 22.7 Å². The van der Waals surface area contributed by atoms with Crippen molar-refractivity contribution in [3.8, 4) is 0 Å². The summed E-state index contributed by atoms with van der Waals surface area (Å²) in [6.07, 6.45) is -5.09. The Morgan fingerprint density at radius 2 is 1.91 bits per heavy atom. The molecule has 1 heterocycles. The summed E-state index contributed by atoms with van der Waals surface area (Å²) in [5.74, 6) is 0. The first-order chi connectivity index (χ1) is 9.92. The van der Waals surface area contributed by atoms with E-state index >= 15 is 0 Å². The Bertz CT molecular complexity index is 608. The number of ether oxygens (including phenoxy) is 1. The standard InChI is InChI=1S/C15H17ClF3NO2/c1-8-9-5-6-11(15(17,18)19)12(16)10(9)7-20(8)13(21)22-14(2,3)4/h5-6,8H,7H2,1-4H3/t8-/m0/s1. The molecule has 0 N–H and O–H groups in total. The molecular weight excluding hydrogens is 319 g/mol. The van der Waals surface area contributed by atoms with Gasteiger partial charge < -0.3 is 4.74 Å². The first kappa shape index (κ1) is 16.9. The van der Waals surface area contributed by atoms with Crippen LogP contribution in [0.4, 0.5) is 18.0 Å². The van der Waals surface area contributed by atoms with Gasteiger partial charge in [-0.2, -0.15) is 13.2 Å². The van der Waals surface area contributed by atoms with Gasteiger partial charge in [-0.15, -0.1) is 0 Å². The zero-order valence-corrected chi connectivity index (χ0v) is 13.5. The Labute approximate surface area is 132 Å². The van der Waals surface area contributed by atoms with E-state index in [-0.39, 0.29) is 17.6 Å². The molecule has 0 bridgehead atoms. The molecule has 1 atom stereocenters. The molecule has 0 spiro atoms. The fourth-order valence-electron chi connectivity index (χ4n) is 2.43. The van der Waals surface area contributed by atoms with Crippen molar-refractivity contribution in [2.75, 3.05) is 0 Å². The van der Waals surface area contributed by atoms with Crippen molar-refractivity contribution in [2.45, 2.75) is 52.1 Å². The van der Waals surface area contributed by atoms with Crippen LogP contribution in [0.3, 0.4) is 0 Å². The maximum atomic E-state index is 12.9. The molecule has 0 radical (unpaired) electrons. The van der Waals surface area contributed by atoms with Crippen LogP contribution in [0.5, 0.6) is 0 Å². The van der Waals surface area contributed by atoms with Gasteiger partial charge in [0.15, 0.2) is 0 Å². The normalized spacial score (nSPS) is 18.4. The quantitative estimate of drug-likeness (QED) is 0.654. The molecule has 2 rings (SSSR count). The fourth-order valence-corrected chi connectivity index (χ4v) is 2.76. The average molecular weight is 336 g/mol. The lowest BCUT2D eigenvalue weighted by Crippen LogP contribution is -2.35. The number of rotatable bonds is 0. The van der Waals surface area contributed by atoms with Gasteiger partial charge in [0, 0.05) is 0 Å². The lowest BCUT2D eigenvalue weighted by Gasteiger charge is -2.27. The topological polar surface area (TPSA) is 29.5 Å². The van der Waals surface area contributed by atoms with Gasteiger partial charge in [-0.05, 0) is 44.9 Å². The van der Waals surface area contributed by atoms with Gasteiger partial charge in [0.2, 0.25) is 0 Å². The zero-order chi connectivity index (χ0) is 16.9. The van der Waals surface area contributed by atoms with E-state index in [0.29, 0.717) is 11.1 Å². The number of halogens is 4. The van der Waals surface area contributed by atoms with E-state index in [1.165, 1.54) is 11.0 Å². The number of amides is 1. The summed E-state index contributed by atoms with van der Waals surface area (Å²) in [5, 5.41) is -0.345. The van der Waals surface area contributed by atoms with Crippen molar-refractivity contribution in [3.63, 3.8) is 0 Å². The summed E-state index contributed by atoms with van der Waals surface area (Å²) in [6.45, 7) is 6.93. The first-order valence-corrected chi connectivity index (χ1v) is 7.17. The van der Waals surface area contributed by atoms with E-state index in [4.69, 9.17) is 16.3 Å². The number of carbonyl (C=O) groups excluding carboxylic acids is 1. The number of benzene rings is 1. The summed E-state index contributed by atoms with van der Waals surface area (Å²) in [6, 6.07) is 1.94. The maximum absolute atomic E-state index is 12.9. The van der Waals surface area contributed by atoms with Gasteiger partial charge in [0.1, 0.15) is 5.60 Å². The smallest absolute Gasteiger partial charge is 0.417 e. The number of carbonyl (C=O) groups is 1. The van der Waals surface area contributed by atoms with Gasteiger partial charge in [0.25, 0.3) is 0 Å². The molecule has 0 aromatic heterocycles. The average Bonchev–Trinajstić information content (AvgIpc) is 2.65. The van der Waals surface area contributed by atoms with E-state index < -0.39 is 23.4 Å². The largest absolute Gasteiger partial charge is 0.444 e. The summed E-state index contributed by atoms with van der Waals surface area (Å²) in [7, 11) is 0. The number of hydrogen-bond acceptors (Lipinski definition) is 2. The molecule has 0 fully saturated rings. The molecular formula is C15H17ClF3NO2. The molecule has 22 heavy (non-hydrogen) atoms. The van der Waals surface area contributed by atoms with Gasteiger partial charge in [-0.25, -0.2) is 4.79 Å². The number of alkyl halides is 3. The van der Waals surface area contributed by atoms with Gasteiger partial charge >= 0.3 is 12.3 Å². The van der Waals surface area contributed by atoms with Crippen LogP contribution in [0.25, 0.3) is 0 Å². The van der Waals surface area contributed by atoms with Crippen molar-refractivity contribution in [1.82, 2.24) is 4.90 Å². The highest BCUT2D eigenvalue weighted by molar-refractivity contribution is 6.32. The number of fused-ring (bicyclic) bond motifs is 1. The van der Waals surface area contributed by atoms with Gasteiger partial charge in [0.05, 0.1) is 23.2 Å². The molecule has 0 saturated heterocycles. The third-order valence-electron chi connectivity index (χ3n) is 3.46. The van der Waals surface area contributed by atoms with Gasteiger partial charge in [-0.1, -0.05) is 17.7 Å². The molecule has 0 saturated carbocycles. The van der Waals surface area contributed by atoms with Crippen molar-refractivity contribution >= 4 is 17.7 Å². The molecule has 1 aliphatic rings. The monoisotopic (exact) mass is 335 g/mol. The molecule has 1 aliphatic heterocycles. The molecule has 1 amide bonds. The van der Waals surface area contributed by atoms with Crippen LogP contribution in [0.1, 0.15) is 50.4 Å². The summed E-state index contributed by atoms with van der Waals surface area (Å²) >= 11 is 5.91. The molecule has 7 heteroatoms. The Morgan fingerprint density at radius 1 is 1.32 bits per heavy atom. The Balaban J connectivity index is 2.34. The highest BCUT2D eigenvalue weighted by Gasteiger charge is 2.39. The predicted molar refractivity (Wildman–Crippen MR) is 76.6 cm³/mol. The second-order valence-electron chi connectivity index (χ2n) is 6.28. The lowest BCUT2D eigenvalue weighted by molar-refractivity contribution is -0.137. The number of nitrogens with zero attached hydrogens (tertiary/aromatic N) is 1. The fraction of sp³-hybridized carbons (Fsp3) is 0.533. The summed E-state index contributed by atoms with van der Waals surface area (Å²) < 4.78 is 44.0. The van der Waals surface area contributed by atoms with Crippen LogP contribution in [-0.2, 0) is 17.5 Å². The third kappa shape index (κ3) is 3.16. The Kier molecular flexibility index (Phi) is 4.11. The molecule has 1 aromatic rings. The lowest BCUT2D eigenvalue weighted by atomic mass is 10.0. The minimum Gasteiger partial charge on any atom is -0.444 e. The third-order valence-corrected chi connectivity index (χ3v) is 3.89. The van der Waals surface area contributed by atoms with Crippen LogP contribution in [0, 0.1) is 0 Å². The van der Waals surface area contributed by atoms with E-state index in [0.717, 1.165) is 6.07 Å². The van der Waals surface area contributed by atoms with Crippen LogP contribution < -0.4 is 0 Å². The van der Waals surface area contributed by atoms with E-state index in [2.05, 4.69) is 0 Å². The van der Waals surface area contributed by atoms with E-state index in [1.807, 2.05) is 0 Å².